The largest absolute Gasteiger partial charge is 0.345 e. The Hall–Kier alpha value is -2.46. The van der Waals surface area contributed by atoms with Gasteiger partial charge in [-0.25, -0.2) is 8.42 Å². The van der Waals surface area contributed by atoms with Gasteiger partial charge in [-0.1, -0.05) is 25.8 Å². The maximum atomic E-state index is 12.7. The summed E-state index contributed by atoms with van der Waals surface area (Å²) in [5.74, 6) is -1.84. The molecule has 0 spiro atoms. The first-order valence-electron chi connectivity index (χ1n) is 10.8. The van der Waals surface area contributed by atoms with Gasteiger partial charge in [-0.3, -0.25) is 14.4 Å². The normalized spacial score (nSPS) is 22.0. The van der Waals surface area contributed by atoms with Crippen molar-refractivity contribution in [3.8, 4) is 0 Å². The van der Waals surface area contributed by atoms with E-state index >= 15 is 0 Å². The lowest BCUT2D eigenvalue weighted by Crippen LogP contribution is -2.48. The Morgan fingerprint density at radius 1 is 1.03 bits per heavy atom. The van der Waals surface area contributed by atoms with Crippen LogP contribution in [0.5, 0.6) is 0 Å². The minimum absolute atomic E-state index is 0.0267. The van der Waals surface area contributed by atoms with Crippen LogP contribution in [-0.2, 0) is 24.4 Å². The van der Waals surface area contributed by atoms with E-state index in [1.54, 1.807) is 12.1 Å². The van der Waals surface area contributed by atoms with Crippen molar-refractivity contribution in [3.05, 3.63) is 24.3 Å². The summed E-state index contributed by atoms with van der Waals surface area (Å²) in [5.41, 5.74) is 0.306. The van der Waals surface area contributed by atoms with Gasteiger partial charge in [0.15, 0.2) is 0 Å². The number of hydrogen-bond donors (Lipinski definition) is 3. The number of anilines is 1. The zero-order valence-corrected chi connectivity index (χ0v) is 18.5. The first-order chi connectivity index (χ1) is 14.8. The molecule has 0 aromatic heterocycles. The molecule has 31 heavy (non-hydrogen) atoms. The molecule has 1 aliphatic heterocycles. The predicted octanol–water partition coefficient (Wildman–Crippen LogP) is 1.22. The maximum absolute atomic E-state index is 12.7. The van der Waals surface area contributed by atoms with E-state index < -0.39 is 34.3 Å². The van der Waals surface area contributed by atoms with Crippen LogP contribution in [0.3, 0.4) is 0 Å². The van der Waals surface area contributed by atoms with E-state index in [-0.39, 0.29) is 10.9 Å². The fourth-order valence-electron chi connectivity index (χ4n) is 4.02. The second-order valence-electron chi connectivity index (χ2n) is 8.21. The van der Waals surface area contributed by atoms with Gasteiger partial charge in [0.1, 0.15) is 0 Å². The lowest BCUT2D eigenvalue weighted by Gasteiger charge is -2.29. The first kappa shape index (κ1) is 23.2. The molecule has 170 valence electrons. The van der Waals surface area contributed by atoms with Gasteiger partial charge < -0.3 is 16.0 Å². The van der Waals surface area contributed by atoms with Gasteiger partial charge >= 0.3 is 11.8 Å². The maximum Gasteiger partial charge on any atom is 0.309 e. The molecule has 2 fully saturated rings. The van der Waals surface area contributed by atoms with Crippen molar-refractivity contribution >= 4 is 33.4 Å². The average molecular weight is 451 g/mol. The molecule has 0 radical (unpaired) electrons. The minimum atomic E-state index is -3.59. The molecular weight excluding hydrogens is 420 g/mol. The second-order valence-corrected chi connectivity index (χ2v) is 10.1. The summed E-state index contributed by atoms with van der Waals surface area (Å²) in [5, 5.41) is 7.60. The monoisotopic (exact) mass is 450 g/mol. The third-order valence-electron chi connectivity index (χ3n) is 5.86. The van der Waals surface area contributed by atoms with Crippen LogP contribution in [0.4, 0.5) is 5.69 Å². The quantitative estimate of drug-likeness (QED) is 0.562. The summed E-state index contributed by atoms with van der Waals surface area (Å²) in [6.45, 7) is 2.64. The average Bonchev–Trinajstić information content (AvgIpc) is 3.29. The van der Waals surface area contributed by atoms with Crippen molar-refractivity contribution in [2.75, 3.05) is 25.0 Å². The standard InChI is InChI=1S/C21H30N4O5S/c1-15-7-2-3-10-18(15)24-21(28)20(27)22-14-19(26)23-16-8-6-9-17(13-16)31(29,30)25-11-4-5-12-25/h6,8-9,13,15,18H,2-5,7,10-12,14H2,1H3,(H,22,27)(H,23,26)(H,24,28)/t15-,18-/m1/s1. The molecule has 10 heteroatoms. The Bertz CT molecular complexity index is 927. The second kappa shape index (κ2) is 10.2. The SMILES string of the molecule is C[C@@H]1CCCC[C@H]1NC(=O)C(=O)NCC(=O)Nc1cccc(S(=O)(=O)N2CCCC2)c1. The zero-order valence-electron chi connectivity index (χ0n) is 17.7. The van der Waals surface area contributed by atoms with Gasteiger partial charge in [0, 0.05) is 24.8 Å². The molecule has 0 bridgehead atoms. The van der Waals surface area contributed by atoms with Gasteiger partial charge in [-0.15, -0.1) is 0 Å². The van der Waals surface area contributed by atoms with Crippen LogP contribution in [-0.4, -0.2) is 56.1 Å². The Labute approximate surface area is 183 Å². The molecule has 1 aromatic carbocycles. The van der Waals surface area contributed by atoms with Crippen molar-refractivity contribution in [1.29, 1.82) is 0 Å². The Morgan fingerprint density at radius 3 is 2.45 bits per heavy atom. The number of carbonyl (C=O) groups is 3. The molecule has 2 aliphatic rings. The van der Waals surface area contributed by atoms with E-state index in [1.165, 1.54) is 16.4 Å². The lowest BCUT2D eigenvalue weighted by atomic mass is 9.86. The summed E-state index contributed by atoms with van der Waals surface area (Å²) in [7, 11) is -3.59. The molecule has 1 aliphatic carbocycles. The zero-order chi connectivity index (χ0) is 22.4. The molecular formula is C21H30N4O5S. The van der Waals surface area contributed by atoms with Crippen LogP contribution in [0.15, 0.2) is 29.2 Å². The highest BCUT2D eigenvalue weighted by Crippen LogP contribution is 2.24. The molecule has 3 rings (SSSR count). The molecule has 2 atom stereocenters. The summed E-state index contributed by atoms with van der Waals surface area (Å²) < 4.78 is 26.8. The number of rotatable bonds is 6. The van der Waals surface area contributed by atoms with Crippen LogP contribution in [0.1, 0.15) is 45.4 Å². The van der Waals surface area contributed by atoms with Gasteiger partial charge in [-0.05, 0) is 49.8 Å². The molecule has 1 aromatic rings. The van der Waals surface area contributed by atoms with E-state index in [2.05, 4.69) is 16.0 Å². The van der Waals surface area contributed by atoms with Gasteiger partial charge in [0.05, 0.1) is 11.4 Å². The highest BCUT2D eigenvalue weighted by molar-refractivity contribution is 7.89. The molecule has 3 amide bonds. The molecule has 9 nitrogen and oxygen atoms in total. The van der Waals surface area contributed by atoms with E-state index in [0.717, 1.165) is 38.5 Å². The fourth-order valence-corrected chi connectivity index (χ4v) is 5.59. The van der Waals surface area contributed by atoms with Crippen LogP contribution in [0.2, 0.25) is 0 Å². The number of nitrogens with one attached hydrogen (secondary N) is 3. The molecule has 0 unspecified atom stereocenters. The Morgan fingerprint density at radius 2 is 1.74 bits per heavy atom. The van der Waals surface area contributed by atoms with Gasteiger partial charge in [-0.2, -0.15) is 4.31 Å². The smallest absolute Gasteiger partial charge is 0.309 e. The highest BCUT2D eigenvalue weighted by Gasteiger charge is 2.28. The van der Waals surface area contributed by atoms with Crippen molar-refractivity contribution in [2.24, 2.45) is 5.92 Å². The van der Waals surface area contributed by atoms with Crippen LogP contribution in [0, 0.1) is 5.92 Å². The van der Waals surface area contributed by atoms with E-state index in [1.807, 2.05) is 6.92 Å². The summed E-state index contributed by atoms with van der Waals surface area (Å²) >= 11 is 0. The third kappa shape index (κ3) is 6.04. The molecule has 1 heterocycles. The summed E-state index contributed by atoms with van der Waals surface area (Å²) in [4.78, 5) is 36.4. The van der Waals surface area contributed by atoms with Crippen molar-refractivity contribution in [2.45, 2.75) is 56.4 Å². The number of carbonyl (C=O) groups excluding carboxylic acids is 3. The van der Waals surface area contributed by atoms with Crippen molar-refractivity contribution in [1.82, 2.24) is 14.9 Å². The van der Waals surface area contributed by atoms with Gasteiger partial charge in [0.25, 0.3) is 0 Å². The fraction of sp³-hybridized carbons (Fsp3) is 0.571. The van der Waals surface area contributed by atoms with Crippen molar-refractivity contribution < 1.29 is 22.8 Å². The van der Waals surface area contributed by atoms with E-state index in [4.69, 9.17) is 0 Å². The minimum Gasteiger partial charge on any atom is -0.345 e. The molecule has 1 saturated heterocycles. The van der Waals surface area contributed by atoms with E-state index in [0.29, 0.717) is 24.7 Å². The van der Waals surface area contributed by atoms with Crippen LogP contribution >= 0.6 is 0 Å². The highest BCUT2D eigenvalue weighted by atomic mass is 32.2. The predicted molar refractivity (Wildman–Crippen MR) is 116 cm³/mol. The first-order valence-corrected chi connectivity index (χ1v) is 12.2. The topological polar surface area (TPSA) is 125 Å². The molecule has 1 saturated carbocycles. The number of nitrogens with zero attached hydrogens (tertiary/aromatic N) is 1. The molecule has 3 N–H and O–H groups in total. The number of hydrogen-bond acceptors (Lipinski definition) is 5. The van der Waals surface area contributed by atoms with Crippen LogP contribution in [0.25, 0.3) is 0 Å². The van der Waals surface area contributed by atoms with Gasteiger partial charge in [0.2, 0.25) is 15.9 Å². The number of sulfonamides is 1. The number of amides is 3. The van der Waals surface area contributed by atoms with Crippen LogP contribution < -0.4 is 16.0 Å². The summed E-state index contributed by atoms with van der Waals surface area (Å²) in [6.07, 6.45) is 5.68. The Kier molecular flexibility index (Phi) is 7.66. The van der Waals surface area contributed by atoms with Crippen molar-refractivity contribution in [3.63, 3.8) is 0 Å². The number of benzene rings is 1. The Balaban J connectivity index is 1.50. The van der Waals surface area contributed by atoms with E-state index in [9.17, 15) is 22.8 Å². The summed E-state index contributed by atoms with van der Waals surface area (Å²) in [6, 6.07) is 5.98. The lowest BCUT2D eigenvalue weighted by molar-refractivity contribution is -0.140. The third-order valence-corrected chi connectivity index (χ3v) is 7.76.